The Morgan fingerprint density at radius 1 is 1.31 bits per heavy atom. The van der Waals surface area contributed by atoms with Gasteiger partial charge < -0.3 is 9.69 Å². The average Bonchev–Trinajstić information content (AvgIpc) is 1.99. The molecular formula is C8H13F2NO2. The maximum atomic E-state index is 12.9. The van der Waals surface area contributed by atoms with E-state index in [0.29, 0.717) is 0 Å². The van der Waals surface area contributed by atoms with Gasteiger partial charge in [0.2, 0.25) is 0 Å². The van der Waals surface area contributed by atoms with Crippen LogP contribution in [0.5, 0.6) is 0 Å². The zero-order chi connectivity index (χ0) is 10.6. The van der Waals surface area contributed by atoms with Crippen LogP contribution in [0.25, 0.3) is 0 Å². The minimum absolute atomic E-state index is 0.271. The maximum absolute atomic E-state index is 12.9. The maximum Gasteiger partial charge on any atom is 0.325 e. The van der Waals surface area contributed by atoms with E-state index in [4.69, 9.17) is 0 Å². The largest absolute Gasteiger partial charge is 0.344 e. The van der Waals surface area contributed by atoms with Crippen molar-refractivity contribution in [2.75, 3.05) is 14.1 Å². The molecule has 0 aliphatic carbocycles. The van der Waals surface area contributed by atoms with Gasteiger partial charge in [0, 0.05) is 26.9 Å². The number of hydrogen-bond acceptors (Lipinski definition) is 2. The first kappa shape index (κ1) is 12.0. The summed E-state index contributed by atoms with van der Waals surface area (Å²) in [5, 5.41) is 0. The molecule has 0 aromatic heterocycles. The lowest BCUT2D eigenvalue weighted by Gasteiger charge is -2.19. The number of rotatable bonds is 4. The minimum Gasteiger partial charge on any atom is -0.344 e. The van der Waals surface area contributed by atoms with Crippen molar-refractivity contribution < 1.29 is 18.4 Å². The summed E-state index contributed by atoms with van der Waals surface area (Å²) < 4.78 is 25.8. The molecule has 0 rings (SSSR count). The van der Waals surface area contributed by atoms with E-state index in [-0.39, 0.29) is 12.2 Å². The average molecular weight is 193 g/mol. The van der Waals surface area contributed by atoms with Crippen molar-refractivity contribution in [2.24, 2.45) is 0 Å². The molecular weight excluding hydrogens is 180 g/mol. The Labute approximate surface area is 75.7 Å². The fourth-order valence-corrected chi connectivity index (χ4v) is 0.767. The molecule has 1 amide bonds. The third-order valence-electron chi connectivity index (χ3n) is 1.51. The number of carbonyl (C=O) groups excluding carboxylic acids is 2. The molecule has 5 heteroatoms. The molecule has 0 fully saturated rings. The second-order valence-corrected chi connectivity index (χ2v) is 3.11. The molecule has 0 saturated heterocycles. The molecule has 0 saturated carbocycles. The van der Waals surface area contributed by atoms with Gasteiger partial charge in [0.05, 0.1) is 0 Å². The molecule has 13 heavy (non-hydrogen) atoms. The van der Waals surface area contributed by atoms with Crippen LogP contribution in [0.3, 0.4) is 0 Å². The molecule has 0 unspecified atom stereocenters. The summed E-state index contributed by atoms with van der Waals surface area (Å²) in [4.78, 5) is 22.1. The molecule has 0 N–H and O–H groups in total. The van der Waals surface area contributed by atoms with Crippen LogP contribution < -0.4 is 0 Å². The van der Waals surface area contributed by atoms with Crippen molar-refractivity contribution >= 4 is 11.7 Å². The van der Waals surface area contributed by atoms with Crippen LogP contribution >= 0.6 is 0 Å². The standard InChI is InChI=1S/C8H13F2NO2/c1-6(12)4-5-8(9,10)7(13)11(2)3/h4-5H2,1-3H3. The second-order valence-electron chi connectivity index (χ2n) is 3.11. The number of ketones is 1. The first-order valence-corrected chi connectivity index (χ1v) is 3.86. The minimum atomic E-state index is -3.42. The Balaban J connectivity index is 4.22. The SMILES string of the molecule is CC(=O)CCC(F)(F)C(=O)N(C)C. The molecule has 0 heterocycles. The van der Waals surface area contributed by atoms with Crippen molar-refractivity contribution in [3.05, 3.63) is 0 Å². The summed E-state index contributed by atoms with van der Waals surface area (Å²) in [7, 11) is 2.51. The Kier molecular flexibility index (Phi) is 3.97. The number of carbonyl (C=O) groups is 2. The van der Waals surface area contributed by atoms with E-state index in [1.165, 1.54) is 21.0 Å². The quantitative estimate of drug-likeness (QED) is 0.670. The van der Waals surface area contributed by atoms with Crippen molar-refractivity contribution in [1.29, 1.82) is 0 Å². The van der Waals surface area contributed by atoms with Gasteiger partial charge in [0.25, 0.3) is 5.91 Å². The smallest absolute Gasteiger partial charge is 0.325 e. The van der Waals surface area contributed by atoms with E-state index in [1.807, 2.05) is 0 Å². The lowest BCUT2D eigenvalue weighted by atomic mass is 10.1. The van der Waals surface area contributed by atoms with Crippen LogP contribution in [0.4, 0.5) is 8.78 Å². The lowest BCUT2D eigenvalue weighted by molar-refractivity contribution is -0.156. The summed E-state index contributed by atoms with van der Waals surface area (Å²) in [6.07, 6.45) is -0.980. The zero-order valence-corrected chi connectivity index (χ0v) is 7.93. The van der Waals surface area contributed by atoms with Crippen molar-refractivity contribution in [2.45, 2.75) is 25.7 Å². The molecule has 0 aliphatic heterocycles. The van der Waals surface area contributed by atoms with Crippen LogP contribution in [0, 0.1) is 0 Å². The fourth-order valence-electron chi connectivity index (χ4n) is 0.767. The summed E-state index contributed by atoms with van der Waals surface area (Å²) in [5.41, 5.74) is 0. The van der Waals surface area contributed by atoms with E-state index in [9.17, 15) is 18.4 Å². The highest BCUT2D eigenvalue weighted by molar-refractivity contribution is 5.84. The summed E-state index contributed by atoms with van der Waals surface area (Å²) in [6.45, 7) is 1.22. The third-order valence-corrected chi connectivity index (χ3v) is 1.51. The first-order chi connectivity index (χ1) is 5.77. The molecule has 3 nitrogen and oxygen atoms in total. The van der Waals surface area contributed by atoms with Gasteiger partial charge in [-0.05, 0) is 6.92 Å². The molecule has 0 spiro atoms. The highest BCUT2D eigenvalue weighted by Crippen LogP contribution is 2.22. The van der Waals surface area contributed by atoms with Crippen LogP contribution in [0.1, 0.15) is 19.8 Å². The number of alkyl halides is 2. The van der Waals surface area contributed by atoms with Gasteiger partial charge in [-0.2, -0.15) is 8.78 Å². The third kappa shape index (κ3) is 3.96. The Bertz CT molecular complexity index is 214. The van der Waals surface area contributed by atoms with Crippen LogP contribution in [0.2, 0.25) is 0 Å². The van der Waals surface area contributed by atoms with Gasteiger partial charge in [0.1, 0.15) is 5.78 Å². The molecule has 0 radical (unpaired) electrons. The van der Waals surface area contributed by atoms with E-state index >= 15 is 0 Å². The van der Waals surface area contributed by atoms with Gasteiger partial charge in [-0.25, -0.2) is 0 Å². The van der Waals surface area contributed by atoms with E-state index in [0.717, 1.165) is 4.90 Å². The first-order valence-electron chi connectivity index (χ1n) is 3.86. The van der Waals surface area contributed by atoms with Gasteiger partial charge in [-0.1, -0.05) is 0 Å². The van der Waals surface area contributed by atoms with Gasteiger partial charge in [-0.15, -0.1) is 0 Å². The monoisotopic (exact) mass is 193 g/mol. The van der Waals surface area contributed by atoms with Crippen LogP contribution in [-0.2, 0) is 9.59 Å². The Hall–Kier alpha value is -1.00. The number of nitrogens with zero attached hydrogens (tertiary/aromatic N) is 1. The second kappa shape index (κ2) is 4.30. The van der Waals surface area contributed by atoms with E-state index in [2.05, 4.69) is 0 Å². The lowest BCUT2D eigenvalue weighted by Crippen LogP contribution is -2.39. The summed E-state index contributed by atoms with van der Waals surface area (Å²) >= 11 is 0. The van der Waals surface area contributed by atoms with Crippen LogP contribution in [-0.4, -0.2) is 36.6 Å². The molecule has 0 atom stereocenters. The topological polar surface area (TPSA) is 37.4 Å². The summed E-state index contributed by atoms with van der Waals surface area (Å²) in [6, 6.07) is 0. The molecule has 0 aromatic carbocycles. The number of amides is 1. The molecule has 0 aliphatic rings. The predicted octanol–water partition coefficient (Wildman–Crippen LogP) is 1.08. The van der Waals surface area contributed by atoms with Gasteiger partial charge >= 0.3 is 5.92 Å². The highest BCUT2D eigenvalue weighted by atomic mass is 19.3. The normalized spacial score (nSPS) is 11.2. The number of hydrogen-bond donors (Lipinski definition) is 0. The van der Waals surface area contributed by atoms with Crippen LogP contribution in [0.15, 0.2) is 0 Å². The number of Topliss-reactive ketones (excluding diaryl/α,β-unsaturated/α-hetero) is 1. The molecule has 76 valence electrons. The molecule has 0 aromatic rings. The van der Waals surface area contributed by atoms with Crippen molar-refractivity contribution in [3.63, 3.8) is 0 Å². The van der Waals surface area contributed by atoms with Gasteiger partial charge in [-0.3, -0.25) is 4.79 Å². The summed E-state index contributed by atoms with van der Waals surface area (Å²) in [5.74, 6) is -5.02. The fraction of sp³-hybridized carbons (Fsp3) is 0.750. The Morgan fingerprint density at radius 3 is 2.08 bits per heavy atom. The molecule has 0 bridgehead atoms. The van der Waals surface area contributed by atoms with E-state index in [1.54, 1.807) is 0 Å². The van der Waals surface area contributed by atoms with Crippen molar-refractivity contribution in [3.8, 4) is 0 Å². The number of halogens is 2. The highest BCUT2D eigenvalue weighted by Gasteiger charge is 2.39. The van der Waals surface area contributed by atoms with E-state index < -0.39 is 18.3 Å². The van der Waals surface area contributed by atoms with Crippen molar-refractivity contribution in [1.82, 2.24) is 4.90 Å². The predicted molar refractivity (Wildman–Crippen MR) is 43.6 cm³/mol. The Morgan fingerprint density at radius 2 is 1.77 bits per heavy atom. The zero-order valence-electron chi connectivity index (χ0n) is 7.93. The van der Waals surface area contributed by atoms with Gasteiger partial charge in [0.15, 0.2) is 0 Å².